The molecule has 3 aromatic carbocycles. The van der Waals surface area contributed by atoms with Crippen molar-refractivity contribution in [1.82, 2.24) is 0 Å². The molecule has 0 fully saturated rings. The standard InChI is InChI=1S/C40H51FO7/c1-4-6-7-8-9-10-11-12-13-14-15-16-27-45-33-21-17-31(18-22-33)38(42)47-34-23-19-32(20-24-34)39(43)48-35-25-26-36(37(41)28-35)40(44)46-29-30(3)5-2/h17-26,28,30H,4-16,27,29H2,1-3H3/t30-/m0/s1. The lowest BCUT2D eigenvalue weighted by Crippen LogP contribution is -2.13. The fourth-order valence-corrected chi connectivity index (χ4v) is 4.95. The van der Waals surface area contributed by atoms with Gasteiger partial charge in [0, 0.05) is 6.07 Å². The second-order valence-electron chi connectivity index (χ2n) is 12.3. The molecule has 48 heavy (non-hydrogen) atoms. The Morgan fingerprint density at radius 2 is 1.08 bits per heavy atom. The van der Waals surface area contributed by atoms with Gasteiger partial charge in [-0.15, -0.1) is 0 Å². The maximum absolute atomic E-state index is 14.5. The number of unbranched alkanes of at least 4 members (excludes halogenated alkanes) is 11. The van der Waals surface area contributed by atoms with Crippen molar-refractivity contribution in [3.63, 3.8) is 0 Å². The van der Waals surface area contributed by atoms with Crippen LogP contribution in [0.4, 0.5) is 4.39 Å². The summed E-state index contributed by atoms with van der Waals surface area (Å²) < 4.78 is 36.2. The zero-order valence-corrected chi connectivity index (χ0v) is 28.8. The van der Waals surface area contributed by atoms with Gasteiger partial charge in [-0.2, -0.15) is 0 Å². The summed E-state index contributed by atoms with van der Waals surface area (Å²) in [5, 5.41) is 0. The van der Waals surface area contributed by atoms with Gasteiger partial charge in [-0.1, -0.05) is 97.8 Å². The fourth-order valence-electron chi connectivity index (χ4n) is 4.95. The molecule has 0 radical (unpaired) electrons. The van der Waals surface area contributed by atoms with Gasteiger partial charge in [0.05, 0.1) is 29.9 Å². The molecule has 260 valence electrons. The molecule has 1 atom stereocenters. The minimum atomic E-state index is -0.851. The Kier molecular flexibility index (Phi) is 17.2. The van der Waals surface area contributed by atoms with Crippen molar-refractivity contribution in [2.24, 2.45) is 5.92 Å². The largest absolute Gasteiger partial charge is 0.494 e. The summed E-state index contributed by atoms with van der Waals surface area (Å²) >= 11 is 0. The molecule has 0 aliphatic heterocycles. The molecule has 0 saturated carbocycles. The Bertz CT molecular complexity index is 1400. The zero-order chi connectivity index (χ0) is 34.6. The number of carbonyl (C=O) groups is 3. The number of benzene rings is 3. The van der Waals surface area contributed by atoms with Crippen LogP contribution in [0.1, 0.15) is 135 Å². The molecule has 0 bridgehead atoms. The molecule has 0 heterocycles. The van der Waals surface area contributed by atoms with Crippen LogP contribution in [0.2, 0.25) is 0 Å². The van der Waals surface area contributed by atoms with Gasteiger partial charge in [-0.3, -0.25) is 0 Å². The summed E-state index contributed by atoms with van der Waals surface area (Å²) in [6.07, 6.45) is 16.3. The number of hydrogen-bond donors (Lipinski definition) is 0. The molecule has 0 spiro atoms. The lowest BCUT2D eigenvalue weighted by atomic mass is 10.1. The topological polar surface area (TPSA) is 88.1 Å². The van der Waals surface area contributed by atoms with E-state index in [2.05, 4.69) is 6.92 Å². The first-order valence-electron chi connectivity index (χ1n) is 17.5. The molecular formula is C40H51FO7. The third-order valence-corrected chi connectivity index (χ3v) is 8.22. The predicted octanol–water partition coefficient (Wildman–Crippen LogP) is 10.5. The molecule has 0 aliphatic carbocycles. The molecule has 7 nitrogen and oxygen atoms in total. The van der Waals surface area contributed by atoms with Crippen LogP contribution in [-0.4, -0.2) is 31.1 Å². The maximum atomic E-state index is 14.5. The summed E-state index contributed by atoms with van der Waals surface area (Å²) in [7, 11) is 0. The van der Waals surface area contributed by atoms with Crippen LogP contribution in [-0.2, 0) is 4.74 Å². The van der Waals surface area contributed by atoms with Gasteiger partial charge in [0.25, 0.3) is 0 Å². The number of halogens is 1. The van der Waals surface area contributed by atoms with Crippen molar-refractivity contribution in [2.45, 2.75) is 104 Å². The van der Waals surface area contributed by atoms with Crippen LogP contribution in [0, 0.1) is 11.7 Å². The highest BCUT2D eigenvalue weighted by Gasteiger charge is 2.17. The normalized spacial score (nSPS) is 11.5. The van der Waals surface area contributed by atoms with Gasteiger partial charge in [0.1, 0.15) is 23.1 Å². The molecule has 0 N–H and O–H groups in total. The smallest absolute Gasteiger partial charge is 0.343 e. The lowest BCUT2D eigenvalue weighted by molar-refractivity contribution is 0.0441. The summed E-state index contributed by atoms with van der Waals surface area (Å²) in [5.74, 6) is -1.86. The van der Waals surface area contributed by atoms with Crippen LogP contribution in [0.3, 0.4) is 0 Å². The first kappa shape index (κ1) is 38.2. The van der Waals surface area contributed by atoms with Crippen LogP contribution in [0.5, 0.6) is 17.2 Å². The van der Waals surface area contributed by atoms with E-state index in [4.69, 9.17) is 18.9 Å². The van der Waals surface area contributed by atoms with Crippen molar-refractivity contribution in [1.29, 1.82) is 0 Å². The Balaban J connectivity index is 1.35. The first-order valence-corrected chi connectivity index (χ1v) is 17.5. The van der Waals surface area contributed by atoms with E-state index >= 15 is 0 Å². The Labute approximate surface area is 285 Å². The third-order valence-electron chi connectivity index (χ3n) is 8.22. The van der Waals surface area contributed by atoms with E-state index in [9.17, 15) is 18.8 Å². The van der Waals surface area contributed by atoms with E-state index in [0.717, 1.165) is 25.3 Å². The SMILES string of the molecule is CCCCCCCCCCCCCCOc1ccc(C(=O)Oc2ccc(C(=O)Oc3ccc(C(=O)OC[C@@H](C)CC)c(F)c3)cc2)cc1. The van der Waals surface area contributed by atoms with E-state index in [0.29, 0.717) is 17.9 Å². The highest BCUT2D eigenvalue weighted by atomic mass is 19.1. The second kappa shape index (κ2) is 21.6. The van der Waals surface area contributed by atoms with E-state index in [1.54, 1.807) is 24.3 Å². The average molecular weight is 663 g/mol. The van der Waals surface area contributed by atoms with Crippen molar-refractivity contribution >= 4 is 17.9 Å². The Morgan fingerprint density at radius 3 is 1.60 bits per heavy atom. The lowest BCUT2D eigenvalue weighted by Gasteiger charge is -2.11. The van der Waals surface area contributed by atoms with Gasteiger partial charge in [0.15, 0.2) is 0 Å². The first-order chi connectivity index (χ1) is 23.3. The quantitative estimate of drug-likeness (QED) is 0.0601. The number of esters is 3. The van der Waals surface area contributed by atoms with Crippen molar-refractivity contribution < 1.29 is 37.7 Å². The van der Waals surface area contributed by atoms with Crippen molar-refractivity contribution in [3.8, 4) is 17.2 Å². The van der Waals surface area contributed by atoms with Crippen LogP contribution >= 0.6 is 0 Å². The maximum Gasteiger partial charge on any atom is 0.343 e. The zero-order valence-electron chi connectivity index (χ0n) is 28.8. The van der Waals surface area contributed by atoms with E-state index in [1.807, 2.05) is 13.8 Å². The molecule has 8 heteroatoms. The molecule has 3 aromatic rings. The molecule has 0 aromatic heterocycles. The molecule has 3 rings (SSSR count). The summed E-state index contributed by atoms with van der Waals surface area (Å²) in [5.41, 5.74) is 0.300. The van der Waals surface area contributed by atoms with Crippen LogP contribution in [0.25, 0.3) is 0 Å². The molecule has 0 aliphatic rings. The number of carbonyl (C=O) groups excluding carboxylic acids is 3. The minimum absolute atomic E-state index is 0.0620. The highest BCUT2D eigenvalue weighted by Crippen LogP contribution is 2.21. The Morgan fingerprint density at radius 1 is 0.604 bits per heavy atom. The van der Waals surface area contributed by atoms with Gasteiger partial charge < -0.3 is 18.9 Å². The van der Waals surface area contributed by atoms with Gasteiger partial charge in [0.2, 0.25) is 0 Å². The van der Waals surface area contributed by atoms with Gasteiger partial charge in [-0.05, 0) is 73.0 Å². The summed E-state index contributed by atoms with van der Waals surface area (Å²) in [4.78, 5) is 37.4. The second-order valence-corrected chi connectivity index (χ2v) is 12.3. The fraction of sp³-hybridized carbons (Fsp3) is 0.475. The molecule has 0 amide bonds. The third kappa shape index (κ3) is 13.9. The molecule has 0 saturated heterocycles. The van der Waals surface area contributed by atoms with E-state index in [-0.39, 0.29) is 35.2 Å². The molecular weight excluding hydrogens is 611 g/mol. The van der Waals surface area contributed by atoms with Crippen LogP contribution in [0.15, 0.2) is 66.7 Å². The van der Waals surface area contributed by atoms with E-state index < -0.39 is 23.7 Å². The van der Waals surface area contributed by atoms with Crippen LogP contribution < -0.4 is 14.2 Å². The Hall–Kier alpha value is -4.20. The monoisotopic (exact) mass is 662 g/mol. The number of rotatable bonds is 22. The van der Waals surface area contributed by atoms with Crippen molar-refractivity contribution in [3.05, 3.63) is 89.2 Å². The summed E-state index contributed by atoms with van der Waals surface area (Å²) in [6, 6.07) is 16.1. The van der Waals surface area contributed by atoms with Gasteiger partial charge >= 0.3 is 17.9 Å². The number of hydrogen-bond acceptors (Lipinski definition) is 7. The summed E-state index contributed by atoms with van der Waals surface area (Å²) in [6.45, 7) is 6.99. The number of ether oxygens (including phenoxy) is 4. The molecule has 0 unspecified atom stereocenters. The average Bonchev–Trinajstić information content (AvgIpc) is 3.09. The van der Waals surface area contributed by atoms with Crippen molar-refractivity contribution in [2.75, 3.05) is 13.2 Å². The van der Waals surface area contributed by atoms with E-state index in [1.165, 1.54) is 101 Å². The van der Waals surface area contributed by atoms with Gasteiger partial charge in [-0.25, -0.2) is 18.8 Å². The predicted molar refractivity (Wildman–Crippen MR) is 186 cm³/mol. The highest BCUT2D eigenvalue weighted by molar-refractivity contribution is 5.93. The minimum Gasteiger partial charge on any atom is -0.494 e.